The number of imide groups is 1. The van der Waals surface area contributed by atoms with Gasteiger partial charge in [0.15, 0.2) is 11.5 Å². The van der Waals surface area contributed by atoms with Crippen LogP contribution in [-0.2, 0) is 14.4 Å². The summed E-state index contributed by atoms with van der Waals surface area (Å²) < 4.78 is 34.8. The molecule has 9 heteroatoms. The first-order valence-electron chi connectivity index (χ1n) is 7.74. The predicted octanol–water partition coefficient (Wildman–Crippen LogP) is 2.30. The van der Waals surface area contributed by atoms with Crippen LogP contribution < -0.4 is 9.47 Å². The second-order valence-corrected chi connectivity index (χ2v) is 5.75. The second-order valence-electron chi connectivity index (χ2n) is 5.75. The van der Waals surface area contributed by atoms with Gasteiger partial charge in [-0.15, -0.1) is 5.06 Å². The Hall–Kier alpha value is -2.71. The highest BCUT2D eigenvalue weighted by Crippen LogP contribution is 2.34. The van der Waals surface area contributed by atoms with E-state index in [9.17, 15) is 23.2 Å². The third-order valence-corrected chi connectivity index (χ3v) is 3.75. The molecular formula is C16H15F2NO6. The van der Waals surface area contributed by atoms with Crippen molar-refractivity contribution in [1.29, 1.82) is 0 Å². The summed E-state index contributed by atoms with van der Waals surface area (Å²) in [5.41, 5.74) is -0.0556. The van der Waals surface area contributed by atoms with E-state index in [1.165, 1.54) is 12.1 Å². The topological polar surface area (TPSA) is 82.1 Å². The Bertz CT molecular complexity index is 688. The maximum absolute atomic E-state index is 12.5. The van der Waals surface area contributed by atoms with Gasteiger partial charge < -0.3 is 14.3 Å². The SMILES string of the molecule is O=C(ON1C(=O)CCC1=O)c1ccc(OC(F)F)c(OCC2CC2)c1. The number of rotatable bonds is 7. The van der Waals surface area contributed by atoms with E-state index in [0.717, 1.165) is 18.9 Å². The van der Waals surface area contributed by atoms with Crippen molar-refractivity contribution in [3.05, 3.63) is 23.8 Å². The van der Waals surface area contributed by atoms with E-state index in [0.29, 0.717) is 17.6 Å². The summed E-state index contributed by atoms with van der Waals surface area (Å²) in [4.78, 5) is 39.9. The Labute approximate surface area is 141 Å². The molecule has 1 aromatic carbocycles. The number of carbonyl (C=O) groups excluding carboxylic acids is 3. The zero-order valence-electron chi connectivity index (χ0n) is 13.1. The van der Waals surface area contributed by atoms with Gasteiger partial charge in [-0.2, -0.15) is 8.78 Å². The Morgan fingerprint density at radius 3 is 2.44 bits per heavy atom. The molecule has 1 aliphatic carbocycles. The van der Waals surface area contributed by atoms with Crippen LogP contribution in [0.5, 0.6) is 11.5 Å². The molecule has 0 aromatic heterocycles. The number of nitrogens with zero attached hydrogens (tertiary/aromatic N) is 1. The normalized spacial score (nSPS) is 17.2. The fraction of sp³-hybridized carbons (Fsp3) is 0.438. The maximum atomic E-state index is 12.5. The minimum absolute atomic E-state index is 0.0248. The first kappa shape index (κ1) is 17.1. The van der Waals surface area contributed by atoms with E-state index < -0.39 is 24.4 Å². The molecule has 3 rings (SSSR count). The fourth-order valence-corrected chi connectivity index (χ4v) is 2.23. The molecular weight excluding hydrogens is 340 g/mol. The number of carbonyl (C=O) groups is 3. The zero-order valence-corrected chi connectivity index (χ0v) is 13.1. The molecule has 1 saturated carbocycles. The van der Waals surface area contributed by atoms with Crippen molar-refractivity contribution in [1.82, 2.24) is 5.06 Å². The quantitative estimate of drug-likeness (QED) is 0.698. The van der Waals surface area contributed by atoms with Gasteiger partial charge in [-0.05, 0) is 37.0 Å². The van der Waals surface area contributed by atoms with E-state index in [4.69, 9.17) is 9.57 Å². The molecule has 0 unspecified atom stereocenters. The molecule has 1 aromatic rings. The van der Waals surface area contributed by atoms with Crippen LogP contribution in [0.2, 0.25) is 0 Å². The van der Waals surface area contributed by atoms with Crippen LogP contribution in [0.3, 0.4) is 0 Å². The van der Waals surface area contributed by atoms with E-state index >= 15 is 0 Å². The number of amides is 2. The van der Waals surface area contributed by atoms with E-state index in [1.54, 1.807) is 0 Å². The summed E-state index contributed by atoms with van der Waals surface area (Å²) in [6.07, 6.45) is 1.93. The molecule has 0 N–H and O–H groups in total. The molecule has 7 nitrogen and oxygen atoms in total. The molecule has 2 amide bonds. The number of halogens is 2. The molecule has 134 valence electrons. The lowest BCUT2D eigenvalue weighted by Gasteiger charge is -2.15. The molecule has 1 heterocycles. The van der Waals surface area contributed by atoms with Gasteiger partial charge in [-0.3, -0.25) is 9.59 Å². The van der Waals surface area contributed by atoms with Crippen molar-refractivity contribution in [2.75, 3.05) is 6.61 Å². The Kier molecular flexibility index (Phi) is 4.82. The van der Waals surface area contributed by atoms with Gasteiger partial charge in [0.2, 0.25) is 0 Å². The monoisotopic (exact) mass is 355 g/mol. The van der Waals surface area contributed by atoms with Gasteiger partial charge in [0.1, 0.15) is 0 Å². The van der Waals surface area contributed by atoms with Gasteiger partial charge >= 0.3 is 12.6 Å². The van der Waals surface area contributed by atoms with Crippen LogP contribution in [0.25, 0.3) is 0 Å². The minimum atomic E-state index is -3.04. The largest absolute Gasteiger partial charge is 0.489 e. The standard InChI is InChI=1S/C16H15F2NO6/c17-16(18)24-11-4-3-10(7-12(11)23-8-9-1-2-9)15(22)25-19-13(20)5-6-14(19)21/h3-4,7,9,16H,1-2,5-6,8H2. The summed E-state index contributed by atoms with van der Waals surface area (Å²) in [5.74, 6) is -2.07. The van der Waals surface area contributed by atoms with Gasteiger partial charge in [0.05, 0.1) is 12.2 Å². The Morgan fingerprint density at radius 2 is 1.84 bits per heavy atom. The van der Waals surface area contributed by atoms with Gasteiger partial charge in [0.25, 0.3) is 11.8 Å². The lowest BCUT2D eigenvalue weighted by molar-refractivity contribution is -0.172. The van der Waals surface area contributed by atoms with Crippen LogP contribution in [0.1, 0.15) is 36.0 Å². The highest BCUT2D eigenvalue weighted by molar-refractivity contribution is 6.02. The van der Waals surface area contributed by atoms with E-state index in [2.05, 4.69) is 4.74 Å². The van der Waals surface area contributed by atoms with Crippen LogP contribution in [0, 0.1) is 5.92 Å². The highest BCUT2D eigenvalue weighted by atomic mass is 19.3. The summed E-state index contributed by atoms with van der Waals surface area (Å²) in [5, 5.41) is 0.413. The third-order valence-electron chi connectivity index (χ3n) is 3.75. The minimum Gasteiger partial charge on any atom is -0.489 e. The average molecular weight is 355 g/mol. The zero-order chi connectivity index (χ0) is 18.0. The summed E-state index contributed by atoms with van der Waals surface area (Å²) >= 11 is 0. The van der Waals surface area contributed by atoms with Crippen molar-refractivity contribution in [2.24, 2.45) is 5.92 Å². The van der Waals surface area contributed by atoms with Crippen molar-refractivity contribution in [2.45, 2.75) is 32.3 Å². The van der Waals surface area contributed by atoms with Crippen LogP contribution in [0.15, 0.2) is 18.2 Å². The predicted molar refractivity (Wildman–Crippen MR) is 77.8 cm³/mol. The van der Waals surface area contributed by atoms with Crippen LogP contribution in [-0.4, -0.2) is 36.1 Å². The average Bonchev–Trinajstić information content (AvgIpc) is 3.34. The van der Waals surface area contributed by atoms with Crippen molar-refractivity contribution < 1.29 is 37.5 Å². The second kappa shape index (κ2) is 7.04. The molecule has 0 bridgehead atoms. The lowest BCUT2D eigenvalue weighted by atomic mass is 10.2. The molecule has 2 fully saturated rings. The number of benzene rings is 1. The van der Waals surface area contributed by atoms with Crippen molar-refractivity contribution in [3.63, 3.8) is 0 Å². The smallest absolute Gasteiger partial charge is 0.387 e. The maximum Gasteiger partial charge on any atom is 0.387 e. The van der Waals surface area contributed by atoms with E-state index in [1.807, 2.05) is 0 Å². The van der Waals surface area contributed by atoms with Crippen LogP contribution in [0.4, 0.5) is 8.78 Å². The molecule has 2 aliphatic rings. The summed E-state index contributed by atoms with van der Waals surface area (Å²) in [6.45, 7) is -2.72. The van der Waals surface area contributed by atoms with Crippen LogP contribution >= 0.6 is 0 Å². The number of alkyl halides is 2. The molecule has 0 radical (unpaired) electrons. The molecule has 1 aliphatic heterocycles. The van der Waals surface area contributed by atoms with Gasteiger partial charge in [-0.1, -0.05) is 0 Å². The number of hydrogen-bond donors (Lipinski definition) is 0. The van der Waals surface area contributed by atoms with Crippen molar-refractivity contribution >= 4 is 17.8 Å². The highest BCUT2D eigenvalue weighted by Gasteiger charge is 2.33. The van der Waals surface area contributed by atoms with E-state index in [-0.39, 0.29) is 29.9 Å². The molecule has 25 heavy (non-hydrogen) atoms. The summed E-state index contributed by atoms with van der Waals surface area (Å²) in [7, 11) is 0. The van der Waals surface area contributed by atoms with Gasteiger partial charge in [0, 0.05) is 12.8 Å². The van der Waals surface area contributed by atoms with Crippen molar-refractivity contribution in [3.8, 4) is 11.5 Å². The van der Waals surface area contributed by atoms with Gasteiger partial charge in [-0.25, -0.2) is 4.79 Å². The third kappa shape index (κ3) is 4.23. The fourth-order valence-electron chi connectivity index (χ4n) is 2.23. The Morgan fingerprint density at radius 1 is 1.16 bits per heavy atom. The molecule has 0 atom stereocenters. The molecule has 1 saturated heterocycles. The Balaban J connectivity index is 1.75. The number of hydroxylamine groups is 2. The molecule has 0 spiro atoms. The first-order chi connectivity index (χ1) is 11.9. The first-order valence-corrected chi connectivity index (χ1v) is 7.74. The summed E-state index contributed by atoms with van der Waals surface area (Å²) in [6, 6.07) is 3.53. The number of ether oxygens (including phenoxy) is 2. The number of hydrogen-bond acceptors (Lipinski definition) is 6. The lowest BCUT2D eigenvalue weighted by Crippen LogP contribution is -2.32.